The Hall–Kier alpha value is -1.71. The van der Waals surface area contributed by atoms with Gasteiger partial charge in [-0.2, -0.15) is 22.0 Å². The lowest BCUT2D eigenvalue weighted by Gasteiger charge is -2.51. The summed E-state index contributed by atoms with van der Waals surface area (Å²) < 4.78 is 84.2. The largest absolute Gasteiger partial charge is 0.462 e. The molecule has 25 heavy (non-hydrogen) atoms. The third-order valence-corrected chi connectivity index (χ3v) is 4.85. The molecule has 6 unspecified atom stereocenters. The van der Waals surface area contributed by atoms with Gasteiger partial charge in [-0.15, -0.1) is 0 Å². The van der Waals surface area contributed by atoms with Gasteiger partial charge in [0.2, 0.25) is 0 Å². The van der Waals surface area contributed by atoms with Crippen molar-refractivity contribution >= 4 is 11.9 Å². The quantitative estimate of drug-likeness (QED) is 0.425. The first-order valence-electron chi connectivity index (χ1n) is 7.58. The average Bonchev–Trinajstić information content (AvgIpc) is 3.02. The second-order valence-corrected chi connectivity index (χ2v) is 6.47. The van der Waals surface area contributed by atoms with Gasteiger partial charge in [0.05, 0.1) is 6.10 Å². The van der Waals surface area contributed by atoms with Crippen LogP contribution >= 0.6 is 0 Å². The van der Waals surface area contributed by atoms with Gasteiger partial charge in [-0.1, -0.05) is 12.2 Å². The summed E-state index contributed by atoms with van der Waals surface area (Å²) in [6, 6.07) is 0. The molecular weight excluding hydrogens is 355 g/mol. The highest BCUT2D eigenvalue weighted by atomic mass is 19.4. The van der Waals surface area contributed by atoms with Crippen molar-refractivity contribution in [3.63, 3.8) is 0 Å². The molecule has 3 aliphatic rings. The second kappa shape index (κ2) is 5.39. The summed E-state index contributed by atoms with van der Waals surface area (Å²) in [7, 11) is 0. The molecule has 0 aromatic heterocycles. The standard InChI is InChI=1S/C15H15F5O5/c1-6(21)23-12-10-8-3-4-9(5-8)11(10)25-14(13(12,16)17,15(18,19)20)24-7(2)22/h3-4,8-12H,5H2,1-2H3. The highest BCUT2D eigenvalue weighted by Gasteiger charge is 2.83. The molecule has 1 saturated heterocycles. The predicted octanol–water partition coefficient (Wildman–Crippen LogP) is 2.60. The number of carbonyl (C=O) groups excluding carboxylic acids is 2. The van der Waals surface area contributed by atoms with Crippen molar-refractivity contribution in [2.45, 2.75) is 50.4 Å². The maximum atomic E-state index is 14.9. The van der Waals surface area contributed by atoms with Crippen LogP contribution in [0.2, 0.25) is 0 Å². The molecule has 0 N–H and O–H groups in total. The van der Waals surface area contributed by atoms with Crippen LogP contribution < -0.4 is 0 Å². The van der Waals surface area contributed by atoms with E-state index in [0.29, 0.717) is 13.3 Å². The van der Waals surface area contributed by atoms with Crippen molar-refractivity contribution in [1.82, 2.24) is 0 Å². The van der Waals surface area contributed by atoms with E-state index < -0.39 is 59.8 Å². The van der Waals surface area contributed by atoms with Crippen LogP contribution in [0, 0.1) is 17.8 Å². The van der Waals surface area contributed by atoms with Crippen LogP contribution in [0.1, 0.15) is 20.3 Å². The molecular formula is C15H15F5O5. The van der Waals surface area contributed by atoms with Crippen LogP contribution in [-0.4, -0.2) is 42.0 Å². The molecule has 1 saturated carbocycles. The lowest BCUT2D eigenvalue weighted by Crippen LogP contribution is -2.74. The van der Waals surface area contributed by atoms with Gasteiger partial charge < -0.3 is 14.2 Å². The molecule has 6 atom stereocenters. The number of esters is 2. The van der Waals surface area contributed by atoms with Crippen molar-refractivity contribution in [3.05, 3.63) is 12.2 Å². The first kappa shape index (κ1) is 18.1. The molecule has 0 amide bonds. The van der Waals surface area contributed by atoms with Gasteiger partial charge >= 0.3 is 29.8 Å². The van der Waals surface area contributed by atoms with Crippen molar-refractivity contribution in [2.75, 3.05) is 0 Å². The summed E-state index contributed by atoms with van der Waals surface area (Å²) in [5.74, 6) is -14.3. The zero-order valence-corrected chi connectivity index (χ0v) is 13.2. The Morgan fingerprint density at radius 3 is 2.24 bits per heavy atom. The van der Waals surface area contributed by atoms with Gasteiger partial charge in [-0.25, -0.2) is 0 Å². The van der Waals surface area contributed by atoms with Gasteiger partial charge in [0, 0.05) is 25.7 Å². The zero-order valence-electron chi connectivity index (χ0n) is 13.2. The topological polar surface area (TPSA) is 61.8 Å². The molecule has 2 bridgehead atoms. The van der Waals surface area contributed by atoms with E-state index in [4.69, 9.17) is 4.74 Å². The number of fused-ring (bicyclic) bond motifs is 5. The highest BCUT2D eigenvalue weighted by Crippen LogP contribution is 2.61. The molecule has 1 heterocycles. The molecule has 10 heteroatoms. The van der Waals surface area contributed by atoms with Crippen molar-refractivity contribution in [1.29, 1.82) is 0 Å². The van der Waals surface area contributed by atoms with Crippen LogP contribution in [0.15, 0.2) is 12.2 Å². The third-order valence-electron chi connectivity index (χ3n) is 4.85. The SMILES string of the molecule is CC(=O)OC1C2C3C=CC(C3)C2OC(OC(C)=O)(C(F)(F)F)C1(F)F. The Morgan fingerprint density at radius 1 is 1.12 bits per heavy atom. The predicted molar refractivity (Wildman–Crippen MR) is 70.2 cm³/mol. The normalized spacial score (nSPS) is 41.3. The number of carbonyl (C=O) groups is 2. The molecule has 0 aromatic carbocycles. The van der Waals surface area contributed by atoms with E-state index in [1.54, 1.807) is 12.2 Å². The summed E-state index contributed by atoms with van der Waals surface area (Å²) in [6.45, 7) is 1.39. The number of allylic oxidation sites excluding steroid dienone is 1. The summed E-state index contributed by atoms with van der Waals surface area (Å²) in [4.78, 5) is 22.4. The Labute approximate surface area is 139 Å². The summed E-state index contributed by atoms with van der Waals surface area (Å²) in [5.41, 5.74) is 0. The Kier molecular flexibility index (Phi) is 3.90. The molecule has 140 valence electrons. The molecule has 0 spiro atoms. The Bertz CT molecular complexity index is 630. The van der Waals surface area contributed by atoms with Gasteiger partial charge in [0.15, 0.2) is 6.10 Å². The molecule has 1 aliphatic heterocycles. The van der Waals surface area contributed by atoms with Crippen molar-refractivity contribution < 1.29 is 45.8 Å². The van der Waals surface area contributed by atoms with Gasteiger partial charge in [-0.3, -0.25) is 9.59 Å². The van der Waals surface area contributed by atoms with Crippen LogP contribution in [0.5, 0.6) is 0 Å². The maximum absolute atomic E-state index is 14.9. The maximum Gasteiger partial charge on any atom is 0.462 e. The van der Waals surface area contributed by atoms with Crippen LogP contribution in [0.4, 0.5) is 22.0 Å². The first-order valence-corrected chi connectivity index (χ1v) is 7.58. The van der Waals surface area contributed by atoms with Gasteiger partial charge in [-0.05, 0) is 12.3 Å². The fourth-order valence-electron chi connectivity index (χ4n) is 4.02. The molecule has 2 aliphatic carbocycles. The Morgan fingerprint density at radius 2 is 1.72 bits per heavy atom. The number of rotatable bonds is 2. The Balaban J connectivity index is 2.14. The number of hydrogen-bond acceptors (Lipinski definition) is 5. The minimum absolute atomic E-state index is 0.303. The molecule has 2 fully saturated rings. The lowest BCUT2D eigenvalue weighted by molar-refractivity contribution is -0.474. The first-order chi connectivity index (χ1) is 11.4. The van der Waals surface area contributed by atoms with E-state index in [0.717, 1.165) is 6.92 Å². The van der Waals surface area contributed by atoms with Crippen LogP contribution in [-0.2, 0) is 23.8 Å². The zero-order chi connectivity index (χ0) is 18.8. The van der Waals surface area contributed by atoms with Crippen LogP contribution in [0.3, 0.4) is 0 Å². The van der Waals surface area contributed by atoms with Gasteiger partial charge in [0.25, 0.3) is 0 Å². The third kappa shape index (κ3) is 2.44. The fourth-order valence-corrected chi connectivity index (χ4v) is 4.02. The van der Waals surface area contributed by atoms with E-state index in [1.165, 1.54) is 0 Å². The molecule has 0 aromatic rings. The summed E-state index contributed by atoms with van der Waals surface area (Å²) in [5, 5.41) is 0. The van der Waals surface area contributed by atoms with Crippen molar-refractivity contribution in [2.24, 2.45) is 17.8 Å². The van der Waals surface area contributed by atoms with Crippen LogP contribution in [0.25, 0.3) is 0 Å². The summed E-state index contributed by atoms with van der Waals surface area (Å²) >= 11 is 0. The molecule has 5 nitrogen and oxygen atoms in total. The van der Waals surface area contributed by atoms with Crippen molar-refractivity contribution in [3.8, 4) is 0 Å². The minimum atomic E-state index is -5.74. The average molecular weight is 370 g/mol. The van der Waals surface area contributed by atoms with Gasteiger partial charge in [0.1, 0.15) is 0 Å². The monoisotopic (exact) mass is 370 g/mol. The molecule has 0 radical (unpaired) electrons. The second-order valence-electron chi connectivity index (χ2n) is 6.47. The summed E-state index contributed by atoms with van der Waals surface area (Å²) in [6.07, 6.45) is -5.98. The van der Waals surface area contributed by atoms with E-state index >= 15 is 0 Å². The van der Waals surface area contributed by atoms with E-state index in [2.05, 4.69) is 9.47 Å². The lowest BCUT2D eigenvalue weighted by atomic mass is 9.78. The number of halogens is 5. The number of ether oxygens (including phenoxy) is 3. The van der Waals surface area contributed by atoms with E-state index in [9.17, 15) is 31.5 Å². The fraction of sp³-hybridized carbons (Fsp3) is 0.733. The molecule has 3 rings (SSSR count). The minimum Gasteiger partial charge on any atom is -0.455 e. The number of alkyl halides is 5. The van der Waals surface area contributed by atoms with E-state index in [-0.39, 0.29) is 0 Å². The number of hydrogen-bond donors (Lipinski definition) is 0. The van der Waals surface area contributed by atoms with E-state index in [1.807, 2.05) is 0 Å². The highest BCUT2D eigenvalue weighted by molar-refractivity contribution is 5.67. The smallest absolute Gasteiger partial charge is 0.455 e.